The molecule has 0 radical (unpaired) electrons. The van der Waals surface area contributed by atoms with Crippen LogP contribution in [0.25, 0.3) is 0 Å². The van der Waals surface area contributed by atoms with Crippen LogP contribution in [0.5, 0.6) is 0 Å². The number of hydrogen-bond donors (Lipinski definition) is 2. The lowest BCUT2D eigenvalue weighted by atomic mass is 10.1. The van der Waals surface area contributed by atoms with E-state index in [1.807, 2.05) is 0 Å². The number of halogens is 1. The van der Waals surface area contributed by atoms with Gasteiger partial charge in [0, 0.05) is 32.7 Å². The Bertz CT molecular complexity index is 309. The summed E-state index contributed by atoms with van der Waals surface area (Å²) in [5, 5.41) is 6.75. The third-order valence-electron chi connectivity index (χ3n) is 4.07. The highest BCUT2D eigenvalue weighted by Gasteiger charge is 2.11. The monoisotopic (exact) mass is 439 g/mol. The van der Waals surface area contributed by atoms with Crippen LogP contribution < -0.4 is 10.6 Å². The smallest absolute Gasteiger partial charge is 0.191 e. The van der Waals surface area contributed by atoms with Crippen LogP contribution in [-0.2, 0) is 0 Å². The van der Waals surface area contributed by atoms with Crippen molar-refractivity contribution < 1.29 is 0 Å². The third kappa shape index (κ3) is 12.0. The third-order valence-corrected chi connectivity index (χ3v) is 4.07. The Kier molecular flexibility index (Phi) is 14.2. The first kappa shape index (κ1) is 22.9. The summed E-state index contributed by atoms with van der Waals surface area (Å²) in [5.74, 6) is 1.70. The summed E-state index contributed by atoms with van der Waals surface area (Å²) in [6.07, 6.45) is 3.62. The second kappa shape index (κ2) is 14.3. The van der Waals surface area contributed by atoms with E-state index in [0.717, 1.165) is 37.9 Å². The maximum absolute atomic E-state index is 4.69. The molecule has 1 fully saturated rings. The molecule has 0 aromatic carbocycles. The van der Waals surface area contributed by atoms with Gasteiger partial charge in [-0.1, -0.05) is 13.8 Å². The predicted molar refractivity (Wildman–Crippen MR) is 112 cm³/mol. The Balaban J connectivity index is 0.00000484. The van der Waals surface area contributed by atoms with Crippen LogP contribution in [0, 0.1) is 5.92 Å². The molecule has 0 aromatic rings. The molecule has 2 N–H and O–H groups in total. The molecule has 23 heavy (non-hydrogen) atoms. The summed E-state index contributed by atoms with van der Waals surface area (Å²) in [6, 6.07) is 0. The number of nitrogens with one attached hydrogen (secondary N) is 2. The van der Waals surface area contributed by atoms with E-state index in [2.05, 4.69) is 48.3 Å². The highest BCUT2D eigenvalue weighted by molar-refractivity contribution is 14.0. The van der Waals surface area contributed by atoms with Crippen LogP contribution >= 0.6 is 24.0 Å². The van der Waals surface area contributed by atoms with E-state index in [9.17, 15) is 0 Å². The minimum atomic E-state index is 0. The van der Waals surface area contributed by atoms with Crippen LogP contribution in [-0.4, -0.2) is 75.2 Å². The molecule has 1 heterocycles. The summed E-state index contributed by atoms with van der Waals surface area (Å²) < 4.78 is 0. The van der Waals surface area contributed by atoms with E-state index in [1.54, 1.807) is 0 Å². The van der Waals surface area contributed by atoms with Gasteiger partial charge in [0.05, 0.1) is 0 Å². The van der Waals surface area contributed by atoms with Gasteiger partial charge in [-0.2, -0.15) is 0 Å². The molecule has 1 aliphatic heterocycles. The quantitative estimate of drug-likeness (QED) is 0.264. The molecule has 1 saturated heterocycles. The van der Waals surface area contributed by atoms with Gasteiger partial charge < -0.3 is 20.4 Å². The maximum Gasteiger partial charge on any atom is 0.191 e. The lowest BCUT2D eigenvalue weighted by molar-refractivity contribution is 0.275. The van der Waals surface area contributed by atoms with Crippen molar-refractivity contribution in [3.05, 3.63) is 0 Å². The predicted octanol–water partition coefficient (Wildman–Crippen LogP) is 2.23. The lowest BCUT2D eigenvalue weighted by Gasteiger charge is -2.19. The van der Waals surface area contributed by atoms with Crippen molar-refractivity contribution in [3.63, 3.8) is 0 Å². The average Bonchev–Trinajstić information content (AvgIpc) is 2.68. The van der Waals surface area contributed by atoms with Crippen molar-refractivity contribution in [1.82, 2.24) is 20.4 Å². The summed E-state index contributed by atoms with van der Waals surface area (Å²) in [6.45, 7) is 15.5. The fourth-order valence-electron chi connectivity index (χ4n) is 2.63. The van der Waals surface area contributed by atoms with Crippen LogP contribution in [0.1, 0.15) is 40.0 Å². The van der Waals surface area contributed by atoms with Gasteiger partial charge in [-0.15, -0.1) is 24.0 Å². The van der Waals surface area contributed by atoms with Crippen LogP contribution in [0.3, 0.4) is 0 Å². The molecule has 0 aliphatic carbocycles. The number of hydrogen-bond acceptors (Lipinski definition) is 3. The van der Waals surface area contributed by atoms with Crippen molar-refractivity contribution in [1.29, 1.82) is 0 Å². The molecule has 6 heteroatoms. The molecule has 0 unspecified atom stereocenters. The van der Waals surface area contributed by atoms with E-state index >= 15 is 0 Å². The number of aliphatic imine (C=N–C) groups is 1. The number of rotatable bonds is 8. The first-order valence-electron chi connectivity index (χ1n) is 9.05. The Morgan fingerprint density at radius 2 is 1.91 bits per heavy atom. The van der Waals surface area contributed by atoms with Crippen molar-refractivity contribution in [2.75, 3.05) is 59.4 Å². The zero-order chi connectivity index (χ0) is 16.2. The molecule has 138 valence electrons. The summed E-state index contributed by atoms with van der Waals surface area (Å²) in [5.41, 5.74) is 0. The van der Waals surface area contributed by atoms with Gasteiger partial charge in [0.25, 0.3) is 0 Å². The highest BCUT2D eigenvalue weighted by Crippen LogP contribution is 2.02. The molecular formula is C17H38IN5. The van der Waals surface area contributed by atoms with E-state index < -0.39 is 0 Å². The zero-order valence-corrected chi connectivity index (χ0v) is 17.9. The molecule has 5 nitrogen and oxygen atoms in total. The number of guanidine groups is 1. The molecule has 0 bridgehead atoms. The van der Waals surface area contributed by atoms with Gasteiger partial charge in [0.2, 0.25) is 0 Å². The standard InChI is InChI=1S/C17H37N5.HI/c1-5-18-17(20-10-8-16(2)3)19-9-6-12-22-13-7-11-21(4)14-15-22;/h16H,5-15H2,1-4H3,(H2,18,19,20);1H. The van der Waals surface area contributed by atoms with E-state index in [0.29, 0.717) is 0 Å². The molecular weight excluding hydrogens is 401 g/mol. The first-order chi connectivity index (χ1) is 10.6. The first-order valence-corrected chi connectivity index (χ1v) is 9.05. The van der Waals surface area contributed by atoms with Gasteiger partial charge >= 0.3 is 0 Å². The summed E-state index contributed by atoms with van der Waals surface area (Å²) in [7, 11) is 2.22. The summed E-state index contributed by atoms with van der Waals surface area (Å²) in [4.78, 5) is 9.70. The fraction of sp³-hybridized carbons (Fsp3) is 0.941. The largest absolute Gasteiger partial charge is 0.357 e. The minimum Gasteiger partial charge on any atom is -0.357 e. The summed E-state index contributed by atoms with van der Waals surface area (Å²) >= 11 is 0. The van der Waals surface area contributed by atoms with E-state index in [1.165, 1.54) is 45.6 Å². The molecule has 1 rings (SSSR count). The van der Waals surface area contributed by atoms with Gasteiger partial charge in [-0.3, -0.25) is 4.99 Å². The van der Waals surface area contributed by atoms with Gasteiger partial charge in [0.15, 0.2) is 5.96 Å². The second-order valence-electron chi connectivity index (χ2n) is 6.72. The SMILES string of the molecule is CCNC(=NCCCN1CCCN(C)CC1)NCCC(C)C.I. The fourth-order valence-corrected chi connectivity index (χ4v) is 2.63. The Morgan fingerprint density at radius 3 is 2.61 bits per heavy atom. The Hall–Kier alpha value is -0.0800. The van der Waals surface area contributed by atoms with Gasteiger partial charge in [-0.25, -0.2) is 0 Å². The van der Waals surface area contributed by atoms with Gasteiger partial charge in [-0.05, 0) is 58.8 Å². The normalized spacial score (nSPS) is 17.7. The van der Waals surface area contributed by atoms with E-state index in [-0.39, 0.29) is 24.0 Å². The van der Waals surface area contributed by atoms with Crippen molar-refractivity contribution in [3.8, 4) is 0 Å². The average molecular weight is 439 g/mol. The highest BCUT2D eigenvalue weighted by atomic mass is 127. The topological polar surface area (TPSA) is 42.9 Å². The molecule has 0 spiro atoms. The van der Waals surface area contributed by atoms with Crippen LogP contribution in [0.4, 0.5) is 0 Å². The van der Waals surface area contributed by atoms with Crippen LogP contribution in [0.2, 0.25) is 0 Å². The Labute approximate surface area is 160 Å². The minimum absolute atomic E-state index is 0. The lowest BCUT2D eigenvalue weighted by Crippen LogP contribution is -2.38. The molecule has 0 saturated carbocycles. The van der Waals surface area contributed by atoms with Crippen molar-refractivity contribution in [2.45, 2.75) is 40.0 Å². The Morgan fingerprint density at radius 1 is 1.13 bits per heavy atom. The van der Waals surface area contributed by atoms with E-state index in [4.69, 9.17) is 4.99 Å². The van der Waals surface area contributed by atoms with Gasteiger partial charge in [0.1, 0.15) is 0 Å². The maximum atomic E-state index is 4.69. The van der Waals surface area contributed by atoms with Crippen molar-refractivity contribution in [2.24, 2.45) is 10.9 Å². The molecule has 0 amide bonds. The number of likely N-dealkylation sites (N-methyl/N-ethyl adjacent to an activating group) is 1. The number of nitrogens with zero attached hydrogens (tertiary/aromatic N) is 3. The molecule has 1 aliphatic rings. The zero-order valence-electron chi connectivity index (χ0n) is 15.6. The molecule has 0 atom stereocenters. The second-order valence-corrected chi connectivity index (χ2v) is 6.72. The van der Waals surface area contributed by atoms with Crippen molar-refractivity contribution >= 4 is 29.9 Å². The van der Waals surface area contributed by atoms with Crippen LogP contribution in [0.15, 0.2) is 4.99 Å². The molecule has 0 aromatic heterocycles.